The van der Waals surface area contributed by atoms with Gasteiger partial charge in [0.1, 0.15) is 0 Å². The van der Waals surface area contributed by atoms with Crippen molar-refractivity contribution < 1.29 is 20.4 Å². The van der Waals surface area contributed by atoms with Gasteiger partial charge in [0, 0.05) is 22.6 Å². The van der Waals surface area contributed by atoms with Gasteiger partial charge in [-0.1, -0.05) is 67.8 Å². The van der Waals surface area contributed by atoms with E-state index in [1.165, 1.54) is 10.6 Å². The molecular formula is C22H36O4P2. The highest BCUT2D eigenvalue weighted by atomic mass is 31.1. The van der Waals surface area contributed by atoms with E-state index in [2.05, 4.69) is 52.0 Å². The molecule has 2 aliphatic rings. The highest BCUT2D eigenvalue weighted by Crippen LogP contribution is 2.61. The number of rotatable bonds is 6. The zero-order valence-electron chi connectivity index (χ0n) is 17.4. The maximum absolute atomic E-state index is 10.7. The van der Waals surface area contributed by atoms with E-state index >= 15 is 0 Å². The second-order valence-corrected chi connectivity index (χ2v) is 13.4. The average molecular weight is 426 g/mol. The fraction of sp³-hybridized carbons (Fsp3) is 0.727. The quantitative estimate of drug-likeness (QED) is 0.527. The Kier molecular flexibility index (Phi) is 7.57. The summed E-state index contributed by atoms with van der Waals surface area (Å²) in [7, 11) is -1.41. The van der Waals surface area contributed by atoms with Crippen LogP contribution in [0.2, 0.25) is 0 Å². The van der Waals surface area contributed by atoms with Crippen molar-refractivity contribution in [3.8, 4) is 0 Å². The Morgan fingerprint density at radius 2 is 0.821 bits per heavy atom. The molecule has 158 valence electrons. The first kappa shape index (κ1) is 22.6. The molecule has 6 heteroatoms. The Labute approximate surface area is 171 Å². The minimum absolute atomic E-state index is 0.101. The van der Waals surface area contributed by atoms with E-state index in [4.69, 9.17) is 0 Å². The van der Waals surface area contributed by atoms with Crippen LogP contribution in [0, 0.1) is 0 Å². The molecule has 8 atom stereocenters. The van der Waals surface area contributed by atoms with Gasteiger partial charge in [0.25, 0.3) is 0 Å². The van der Waals surface area contributed by atoms with E-state index in [0.29, 0.717) is 0 Å². The van der Waals surface area contributed by atoms with Crippen molar-refractivity contribution in [2.75, 3.05) is 0 Å². The molecule has 1 aromatic rings. The lowest BCUT2D eigenvalue weighted by Gasteiger charge is -2.33. The Balaban J connectivity index is 2.10. The lowest BCUT2D eigenvalue weighted by atomic mass is 10.1. The van der Waals surface area contributed by atoms with Crippen molar-refractivity contribution in [2.45, 2.75) is 100 Å². The third kappa shape index (κ3) is 3.59. The van der Waals surface area contributed by atoms with Crippen LogP contribution in [0.3, 0.4) is 0 Å². The summed E-state index contributed by atoms with van der Waals surface area (Å²) in [5.74, 6) is 0. The van der Waals surface area contributed by atoms with Crippen molar-refractivity contribution in [1.29, 1.82) is 0 Å². The molecule has 0 aliphatic carbocycles. The molecule has 0 saturated carbocycles. The van der Waals surface area contributed by atoms with Crippen LogP contribution in [-0.2, 0) is 0 Å². The molecule has 4 nitrogen and oxygen atoms in total. The maximum Gasteiger partial charge on any atom is 0.0875 e. The van der Waals surface area contributed by atoms with Gasteiger partial charge in [-0.15, -0.1) is 0 Å². The van der Waals surface area contributed by atoms with Gasteiger partial charge >= 0.3 is 0 Å². The van der Waals surface area contributed by atoms with Crippen molar-refractivity contribution in [1.82, 2.24) is 0 Å². The summed E-state index contributed by atoms with van der Waals surface area (Å²) in [5, 5.41) is 45.5. The number of aliphatic hydroxyl groups excluding tert-OH is 4. The molecule has 0 radical (unpaired) electrons. The SMILES string of the molecule is CCC1C(O)C(O)C(CC)P1c1ccccc1P1C(CC)C(O)C(O)C1CC. The monoisotopic (exact) mass is 426 g/mol. The van der Waals surface area contributed by atoms with Crippen molar-refractivity contribution in [2.24, 2.45) is 0 Å². The second kappa shape index (κ2) is 9.38. The standard InChI is InChI=1S/C22H36O4P2/c1-5-13-19(23)20(24)14(6-2)27(13)17-11-9-10-12-18(17)28-15(7-3)21(25)22(26)16(28)8-4/h9-16,19-26H,5-8H2,1-4H3. The largest absolute Gasteiger partial charge is 0.390 e. The molecule has 1 aromatic carbocycles. The lowest BCUT2D eigenvalue weighted by Crippen LogP contribution is -2.32. The molecule has 4 N–H and O–H groups in total. The van der Waals surface area contributed by atoms with Gasteiger partial charge in [0.05, 0.1) is 24.4 Å². The molecule has 2 aliphatic heterocycles. The Morgan fingerprint density at radius 1 is 0.571 bits per heavy atom. The Bertz CT molecular complexity index is 570. The van der Waals surface area contributed by atoms with Gasteiger partial charge in [-0.05, 0) is 36.3 Å². The molecule has 2 fully saturated rings. The van der Waals surface area contributed by atoms with Crippen LogP contribution in [0.1, 0.15) is 53.4 Å². The van der Waals surface area contributed by atoms with Gasteiger partial charge < -0.3 is 20.4 Å². The molecule has 0 aromatic heterocycles. The third-order valence-electron chi connectivity index (χ3n) is 6.82. The van der Waals surface area contributed by atoms with Gasteiger partial charge in [-0.2, -0.15) is 0 Å². The first-order chi connectivity index (χ1) is 13.4. The molecule has 28 heavy (non-hydrogen) atoms. The Morgan fingerprint density at radius 3 is 1.04 bits per heavy atom. The molecule has 2 saturated heterocycles. The van der Waals surface area contributed by atoms with Crippen LogP contribution < -0.4 is 10.6 Å². The first-order valence-corrected chi connectivity index (χ1v) is 13.8. The molecule has 0 spiro atoms. The zero-order valence-corrected chi connectivity index (χ0v) is 19.2. The second-order valence-electron chi connectivity index (χ2n) is 8.17. The van der Waals surface area contributed by atoms with Crippen molar-refractivity contribution in [3.05, 3.63) is 24.3 Å². The fourth-order valence-corrected chi connectivity index (χ4v) is 13.3. The van der Waals surface area contributed by atoms with Crippen molar-refractivity contribution in [3.63, 3.8) is 0 Å². The predicted octanol–water partition coefficient (Wildman–Crippen LogP) is 2.49. The molecule has 0 bridgehead atoms. The molecule has 8 unspecified atom stereocenters. The van der Waals surface area contributed by atoms with Crippen LogP contribution in [0.5, 0.6) is 0 Å². The summed E-state index contributed by atoms with van der Waals surface area (Å²) in [6.45, 7) is 8.42. The summed E-state index contributed by atoms with van der Waals surface area (Å²) in [4.78, 5) is 0. The van der Waals surface area contributed by atoms with E-state index < -0.39 is 40.3 Å². The number of benzene rings is 1. The highest BCUT2D eigenvalue weighted by Gasteiger charge is 2.52. The Hall–Kier alpha value is -0.0800. The number of hydrogen-bond donors (Lipinski definition) is 4. The van der Waals surface area contributed by atoms with Gasteiger partial charge in [-0.25, -0.2) is 0 Å². The lowest BCUT2D eigenvalue weighted by molar-refractivity contribution is 0.0272. The van der Waals surface area contributed by atoms with Crippen molar-refractivity contribution >= 4 is 26.5 Å². The molecule has 3 rings (SSSR count). The number of aliphatic hydroxyl groups is 4. The summed E-state index contributed by atoms with van der Waals surface area (Å²) in [5.41, 5.74) is 0.403. The van der Waals surface area contributed by atoms with Crippen LogP contribution in [0.4, 0.5) is 0 Å². The minimum atomic E-state index is -0.707. The smallest absolute Gasteiger partial charge is 0.0875 e. The minimum Gasteiger partial charge on any atom is -0.390 e. The highest BCUT2D eigenvalue weighted by molar-refractivity contribution is 7.73. The summed E-state index contributed by atoms with van der Waals surface area (Å²) in [6.07, 6.45) is 0.768. The van der Waals surface area contributed by atoms with Crippen LogP contribution in [0.15, 0.2) is 24.3 Å². The summed E-state index contributed by atoms with van der Waals surface area (Å²) >= 11 is 0. The van der Waals surface area contributed by atoms with Crippen LogP contribution >= 0.6 is 15.8 Å². The molecular weight excluding hydrogens is 390 g/mol. The average Bonchev–Trinajstić information content (AvgIpc) is 3.11. The van der Waals surface area contributed by atoms with E-state index in [1.807, 2.05) is 0 Å². The van der Waals surface area contributed by atoms with E-state index in [0.717, 1.165) is 25.7 Å². The normalized spacial score (nSPS) is 43.6. The van der Waals surface area contributed by atoms with Gasteiger partial charge in [0.15, 0.2) is 0 Å². The van der Waals surface area contributed by atoms with Gasteiger partial charge in [0.2, 0.25) is 0 Å². The topological polar surface area (TPSA) is 80.9 Å². The zero-order chi connectivity index (χ0) is 20.6. The van der Waals surface area contributed by atoms with E-state index in [1.54, 1.807) is 0 Å². The van der Waals surface area contributed by atoms with Crippen LogP contribution in [0.25, 0.3) is 0 Å². The maximum atomic E-state index is 10.7. The van der Waals surface area contributed by atoms with Crippen LogP contribution in [-0.4, -0.2) is 67.5 Å². The molecule has 2 heterocycles. The third-order valence-corrected chi connectivity index (χ3v) is 14.4. The predicted molar refractivity (Wildman–Crippen MR) is 120 cm³/mol. The van der Waals surface area contributed by atoms with Gasteiger partial charge in [-0.3, -0.25) is 0 Å². The summed E-state index contributed by atoms with van der Waals surface area (Å²) < 4.78 is 0. The van der Waals surface area contributed by atoms with E-state index in [9.17, 15) is 20.4 Å². The fourth-order valence-electron chi connectivity index (χ4n) is 5.43. The number of hydrogen-bond acceptors (Lipinski definition) is 4. The molecule has 0 amide bonds. The first-order valence-electron chi connectivity index (χ1n) is 10.8. The van der Waals surface area contributed by atoms with E-state index in [-0.39, 0.29) is 22.6 Å². The summed E-state index contributed by atoms with van der Waals surface area (Å²) in [6, 6.07) is 8.52.